The van der Waals surface area contributed by atoms with Crippen LogP contribution in [0.4, 0.5) is 0 Å². The van der Waals surface area contributed by atoms with E-state index in [9.17, 15) is 33.9 Å². The fourth-order valence-electron chi connectivity index (χ4n) is 1.99. The lowest BCUT2D eigenvalue weighted by Gasteiger charge is -2.22. The first kappa shape index (κ1) is 25.7. The maximum absolute atomic E-state index is 12.1. The third-order valence-corrected chi connectivity index (χ3v) is 3.50. The van der Waals surface area contributed by atoms with Crippen molar-refractivity contribution in [2.45, 2.75) is 50.4 Å². The lowest BCUT2D eigenvalue weighted by atomic mass is 10.1. The number of aliphatic carboxylic acids is 3. The van der Waals surface area contributed by atoms with Crippen molar-refractivity contribution in [3.05, 3.63) is 0 Å². The second-order valence-corrected chi connectivity index (χ2v) is 6.04. The van der Waals surface area contributed by atoms with Gasteiger partial charge in [-0.2, -0.15) is 0 Å². The zero-order chi connectivity index (χ0) is 22.7. The minimum Gasteiger partial charge on any atom is -0.481 e. The summed E-state index contributed by atoms with van der Waals surface area (Å²) in [5, 5.41) is 41.9. The zero-order valence-electron chi connectivity index (χ0n) is 15.5. The monoisotopic (exact) mass is 420 g/mol. The topological polar surface area (TPSA) is 245 Å². The molecule has 0 saturated carbocycles. The molecule has 0 radical (unpaired) electrons. The van der Waals surface area contributed by atoms with Crippen molar-refractivity contribution in [1.82, 2.24) is 16.0 Å². The summed E-state index contributed by atoms with van der Waals surface area (Å²) >= 11 is 0. The van der Waals surface area contributed by atoms with E-state index < -0.39 is 79.2 Å². The number of carboxylic acids is 3. The molecule has 4 atom stereocenters. The second-order valence-electron chi connectivity index (χ2n) is 6.04. The van der Waals surface area contributed by atoms with Gasteiger partial charge in [-0.3, -0.25) is 24.0 Å². The molecule has 0 saturated heterocycles. The average Bonchev–Trinajstić information content (AvgIpc) is 2.59. The van der Waals surface area contributed by atoms with Crippen LogP contribution in [0.15, 0.2) is 0 Å². The Morgan fingerprint density at radius 1 is 0.931 bits per heavy atom. The predicted octanol–water partition coefficient (Wildman–Crippen LogP) is -3.80. The number of carbonyl (C=O) groups excluding carboxylic acids is 3. The van der Waals surface area contributed by atoms with E-state index in [0.717, 1.165) is 6.92 Å². The van der Waals surface area contributed by atoms with Crippen molar-refractivity contribution in [2.24, 2.45) is 5.73 Å². The molecule has 0 aliphatic carbocycles. The van der Waals surface area contributed by atoms with Gasteiger partial charge in [0.15, 0.2) is 0 Å². The van der Waals surface area contributed by atoms with Crippen LogP contribution in [-0.4, -0.2) is 86.8 Å². The molecule has 3 amide bonds. The molecular formula is C15H24N4O10. The van der Waals surface area contributed by atoms with Gasteiger partial charge in [-0.05, 0) is 13.3 Å². The van der Waals surface area contributed by atoms with Gasteiger partial charge in [-0.1, -0.05) is 0 Å². The van der Waals surface area contributed by atoms with Crippen LogP contribution in [-0.2, 0) is 28.8 Å². The number of rotatable bonds is 13. The molecule has 0 aromatic carbocycles. The summed E-state index contributed by atoms with van der Waals surface area (Å²) in [6.07, 6.45) is -3.02. The number of carboxylic acid groups (broad SMARTS) is 3. The Hall–Kier alpha value is -3.26. The molecule has 0 spiro atoms. The number of carbonyl (C=O) groups is 6. The molecule has 14 heteroatoms. The summed E-state index contributed by atoms with van der Waals surface area (Å²) in [6.45, 7) is 0.426. The Morgan fingerprint density at radius 2 is 1.52 bits per heavy atom. The van der Waals surface area contributed by atoms with Crippen molar-refractivity contribution >= 4 is 35.6 Å². The van der Waals surface area contributed by atoms with Crippen LogP contribution in [0.5, 0.6) is 0 Å². The number of nitrogens with two attached hydrogens (primary N) is 1. The van der Waals surface area contributed by atoms with Crippen LogP contribution in [0.3, 0.4) is 0 Å². The highest BCUT2D eigenvalue weighted by Gasteiger charge is 2.29. The first-order valence-corrected chi connectivity index (χ1v) is 8.32. The first-order valence-electron chi connectivity index (χ1n) is 8.32. The Balaban J connectivity index is 4.76. The molecule has 0 aliphatic heterocycles. The average molecular weight is 420 g/mol. The number of aliphatic hydroxyl groups excluding tert-OH is 1. The maximum atomic E-state index is 12.1. The lowest BCUT2D eigenvalue weighted by Crippen LogP contribution is -2.57. The maximum Gasteiger partial charge on any atom is 0.326 e. The van der Waals surface area contributed by atoms with Crippen LogP contribution in [0.1, 0.15) is 26.2 Å². The van der Waals surface area contributed by atoms with Crippen LogP contribution in [0.25, 0.3) is 0 Å². The quantitative estimate of drug-likeness (QED) is 0.143. The molecule has 0 fully saturated rings. The number of aliphatic hydroxyl groups is 1. The van der Waals surface area contributed by atoms with Gasteiger partial charge in [0, 0.05) is 6.42 Å². The van der Waals surface area contributed by atoms with Gasteiger partial charge in [0.05, 0.1) is 25.1 Å². The van der Waals surface area contributed by atoms with Crippen LogP contribution < -0.4 is 21.7 Å². The summed E-state index contributed by atoms with van der Waals surface area (Å²) in [6, 6.07) is -4.52. The standard InChI is InChI=1S/C15H24N4O10/c1-6(20)12(19-13(26)7(16)4-11(24)25)14(27)17-5-9(21)18-8(15(28)29)2-3-10(22)23/h6-8,12,20H,2-5,16H2,1H3,(H,17,27)(H,18,21)(H,19,26)(H,22,23)(H,24,25)(H,28,29). The largest absolute Gasteiger partial charge is 0.481 e. The number of hydrogen-bond acceptors (Lipinski definition) is 8. The Bertz CT molecular complexity index is 651. The molecule has 0 rings (SSSR count). The van der Waals surface area contributed by atoms with Gasteiger partial charge in [0.1, 0.15) is 12.1 Å². The highest BCUT2D eigenvalue weighted by molar-refractivity contribution is 5.93. The zero-order valence-corrected chi connectivity index (χ0v) is 15.5. The fraction of sp³-hybridized carbons (Fsp3) is 0.600. The molecule has 0 aromatic heterocycles. The third-order valence-electron chi connectivity index (χ3n) is 3.50. The molecule has 0 heterocycles. The summed E-state index contributed by atoms with van der Waals surface area (Å²) in [5.74, 6) is -7.04. The molecule has 0 bridgehead atoms. The second kappa shape index (κ2) is 12.2. The summed E-state index contributed by atoms with van der Waals surface area (Å²) in [5.41, 5.74) is 5.35. The Kier molecular flexibility index (Phi) is 10.9. The van der Waals surface area contributed by atoms with E-state index in [0.29, 0.717) is 0 Å². The summed E-state index contributed by atoms with van der Waals surface area (Å²) in [7, 11) is 0. The van der Waals surface area contributed by atoms with Crippen LogP contribution >= 0.6 is 0 Å². The van der Waals surface area contributed by atoms with Crippen molar-refractivity contribution in [3.63, 3.8) is 0 Å². The molecule has 9 N–H and O–H groups in total. The van der Waals surface area contributed by atoms with E-state index in [-0.39, 0.29) is 6.42 Å². The first-order chi connectivity index (χ1) is 13.3. The van der Waals surface area contributed by atoms with Gasteiger partial charge in [-0.15, -0.1) is 0 Å². The van der Waals surface area contributed by atoms with E-state index in [1.54, 1.807) is 0 Å². The number of nitrogens with one attached hydrogen (secondary N) is 3. The molecule has 0 aromatic rings. The SMILES string of the molecule is CC(O)C(NC(=O)C(N)CC(=O)O)C(=O)NCC(=O)NC(CCC(=O)O)C(=O)O. The van der Waals surface area contributed by atoms with E-state index in [4.69, 9.17) is 21.1 Å². The minimum atomic E-state index is -1.56. The number of amides is 3. The van der Waals surface area contributed by atoms with Gasteiger partial charge >= 0.3 is 17.9 Å². The Morgan fingerprint density at radius 3 is 1.97 bits per heavy atom. The van der Waals surface area contributed by atoms with E-state index in [1.807, 2.05) is 5.32 Å². The minimum absolute atomic E-state index is 0.377. The molecule has 29 heavy (non-hydrogen) atoms. The predicted molar refractivity (Wildman–Crippen MR) is 93.3 cm³/mol. The van der Waals surface area contributed by atoms with E-state index in [2.05, 4.69) is 10.6 Å². The van der Waals surface area contributed by atoms with Crippen molar-refractivity contribution < 1.29 is 49.2 Å². The van der Waals surface area contributed by atoms with E-state index in [1.165, 1.54) is 0 Å². The lowest BCUT2D eigenvalue weighted by molar-refractivity contribution is -0.143. The molecule has 0 aliphatic rings. The highest BCUT2D eigenvalue weighted by Crippen LogP contribution is 1.99. The molecular weight excluding hydrogens is 396 g/mol. The van der Waals surface area contributed by atoms with Gasteiger partial charge < -0.3 is 42.1 Å². The van der Waals surface area contributed by atoms with Gasteiger partial charge in [0.25, 0.3) is 0 Å². The Labute approximate surface area is 164 Å². The van der Waals surface area contributed by atoms with Crippen LogP contribution in [0.2, 0.25) is 0 Å². The summed E-state index contributed by atoms with van der Waals surface area (Å²) in [4.78, 5) is 67.7. The fourth-order valence-corrected chi connectivity index (χ4v) is 1.99. The smallest absolute Gasteiger partial charge is 0.326 e. The van der Waals surface area contributed by atoms with Crippen LogP contribution in [0, 0.1) is 0 Å². The molecule has 164 valence electrons. The van der Waals surface area contributed by atoms with Crippen molar-refractivity contribution in [1.29, 1.82) is 0 Å². The van der Waals surface area contributed by atoms with Crippen molar-refractivity contribution in [2.75, 3.05) is 6.54 Å². The molecule has 4 unspecified atom stereocenters. The van der Waals surface area contributed by atoms with Crippen molar-refractivity contribution in [3.8, 4) is 0 Å². The third kappa shape index (κ3) is 10.6. The highest BCUT2D eigenvalue weighted by atomic mass is 16.4. The normalized spacial score (nSPS) is 14.6. The van der Waals surface area contributed by atoms with E-state index >= 15 is 0 Å². The number of hydrogen-bond donors (Lipinski definition) is 8. The van der Waals surface area contributed by atoms with Gasteiger partial charge in [-0.25, -0.2) is 4.79 Å². The van der Waals surface area contributed by atoms with Gasteiger partial charge in [0.2, 0.25) is 17.7 Å². The summed E-state index contributed by atoms with van der Waals surface area (Å²) < 4.78 is 0. The molecule has 14 nitrogen and oxygen atoms in total.